The monoisotopic (exact) mass is 281 g/mol. The molecule has 0 saturated carbocycles. The second-order valence-corrected chi connectivity index (χ2v) is 5.73. The van der Waals surface area contributed by atoms with Gasteiger partial charge >= 0.3 is 0 Å². The predicted octanol–water partition coefficient (Wildman–Crippen LogP) is 4.90. The van der Waals surface area contributed by atoms with Gasteiger partial charge in [-0.2, -0.15) is 0 Å². The fourth-order valence-electron chi connectivity index (χ4n) is 2.40. The smallest absolute Gasteiger partial charge is 0.224 e. The van der Waals surface area contributed by atoms with E-state index in [0.29, 0.717) is 12.3 Å². The molecule has 1 N–H and O–H groups in total. The van der Waals surface area contributed by atoms with Gasteiger partial charge in [0, 0.05) is 12.1 Å². The van der Waals surface area contributed by atoms with Gasteiger partial charge in [0.15, 0.2) is 0 Å². The van der Waals surface area contributed by atoms with Crippen molar-refractivity contribution in [2.75, 3.05) is 5.32 Å². The summed E-state index contributed by atoms with van der Waals surface area (Å²) in [6.45, 7) is 6.33. The standard InChI is InChI=1S/C19H23NO/c1-4-19(21)20-17-11-9-15(10-12-17)18-8-6-5-7-16(18)13-14(2)3/h5-12,14H,4,13H2,1-3H3,(H,20,21). The first-order valence-corrected chi connectivity index (χ1v) is 7.58. The molecule has 0 fully saturated rings. The third kappa shape index (κ3) is 4.19. The first-order chi connectivity index (χ1) is 10.1. The van der Waals surface area contributed by atoms with E-state index in [1.54, 1.807) is 0 Å². The highest BCUT2D eigenvalue weighted by Crippen LogP contribution is 2.26. The van der Waals surface area contributed by atoms with Gasteiger partial charge in [0.25, 0.3) is 0 Å². The van der Waals surface area contributed by atoms with E-state index in [4.69, 9.17) is 0 Å². The topological polar surface area (TPSA) is 29.1 Å². The fourth-order valence-corrected chi connectivity index (χ4v) is 2.40. The Morgan fingerprint density at radius 2 is 1.71 bits per heavy atom. The van der Waals surface area contributed by atoms with Crippen LogP contribution in [0, 0.1) is 5.92 Å². The molecule has 0 saturated heterocycles. The van der Waals surface area contributed by atoms with Crippen LogP contribution in [0.5, 0.6) is 0 Å². The molecule has 0 aliphatic carbocycles. The van der Waals surface area contributed by atoms with Crippen molar-refractivity contribution in [3.8, 4) is 11.1 Å². The maximum absolute atomic E-state index is 11.4. The van der Waals surface area contributed by atoms with Crippen molar-refractivity contribution < 1.29 is 4.79 Å². The summed E-state index contributed by atoms with van der Waals surface area (Å²) in [6.07, 6.45) is 1.57. The third-order valence-electron chi connectivity index (χ3n) is 3.45. The summed E-state index contributed by atoms with van der Waals surface area (Å²) in [4.78, 5) is 11.4. The molecule has 0 heterocycles. The maximum atomic E-state index is 11.4. The molecular formula is C19H23NO. The van der Waals surface area contributed by atoms with Crippen molar-refractivity contribution in [1.29, 1.82) is 0 Å². The fraction of sp³-hybridized carbons (Fsp3) is 0.316. The Bertz CT molecular complexity index is 599. The Labute approximate surface area is 127 Å². The van der Waals surface area contributed by atoms with Crippen LogP contribution in [0.3, 0.4) is 0 Å². The van der Waals surface area contributed by atoms with Crippen molar-refractivity contribution in [3.05, 3.63) is 54.1 Å². The summed E-state index contributed by atoms with van der Waals surface area (Å²) < 4.78 is 0. The third-order valence-corrected chi connectivity index (χ3v) is 3.45. The van der Waals surface area contributed by atoms with Crippen molar-refractivity contribution in [3.63, 3.8) is 0 Å². The van der Waals surface area contributed by atoms with Gasteiger partial charge in [-0.1, -0.05) is 57.2 Å². The summed E-state index contributed by atoms with van der Waals surface area (Å²) in [5.74, 6) is 0.678. The number of nitrogens with one attached hydrogen (secondary N) is 1. The van der Waals surface area contributed by atoms with Crippen molar-refractivity contribution in [1.82, 2.24) is 0 Å². The molecule has 2 nitrogen and oxygen atoms in total. The van der Waals surface area contributed by atoms with Crippen molar-refractivity contribution in [2.24, 2.45) is 5.92 Å². The molecule has 2 aromatic rings. The molecule has 110 valence electrons. The minimum absolute atomic E-state index is 0.0444. The van der Waals surface area contributed by atoms with E-state index in [0.717, 1.165) is 12.1 Å². The minimum Gasteiger partial charge on any atom is -0.326 e. The zero-order valence-electron chi connectivity index (χ0n) is 13.0. The van der Waals surface area contributed by atoms with Crippen LogP contribution in [-0.4, -0.2) is 5.91 Å². The highest BCUT2D eigenvalue weighted by Gasteiger charge is 2.07. The lowest BCUT2D eigenvalue weighted by Crippen LogP contribution is -2.09. The Morgan fingerprint density at radius 3 is 2.33 bits per heavy atom. The Balaban J connectivity index is 2.24. The van der Waals surface area contributed by atoms with Crippen molar-refractivity contribution in [2.45, 2.75) is 33.6 Å². The lowest BCUT2D eigenvalue weighted by atomic mass is 9.94. The zero-order chi connectivity index (χ0) is 15.2. The number of hydrogen-bond acceptors (Lipinski definition) is 1. The van der Waals surface area contributed by atoms with E-state index in [2.05, 4.69) is 55.6 Å². The van der Waals surface area contributed by atoms with E-state index >= 15 is 0 Å². The number of rotatable bonds is 5. The van der Waals surface area contributed by atoms with Crippen LogP contribution < -0.4 is 5.32 Å². The second-order valence-electron chi connectivity index (χ2n) is 5.73. The Morgan fingerprint density at radius 1 is 1.05 bits per heavy atom. The molecule has 2 rings (SSSR count). The van der Waals surface area contributed by atoms with E-state index < -0.39 is 0 Å². The summed E-state index contributed by atoms with van der Waals surface area (Å²) >= 11 is 0. The minimum atomic E-state index is 0.0444. The maximum Gasteiger partial charge on any atom is 0.224 e. The van der Waals surface area contributed by atoms with Crippen LogP contribution in [0.25, 0.3) is 11.1 Å². The lowest BCUT2D eigenvalue weighted by molar-refractivity contribution is -0.115. The van der Waals surface area contributed by atoms with Crippen LogP contribution in [0.4, 0.5) is 5.69 Å². The van der Waals surface area contributed by atoms with E-state index in [9.17, 15) is 4.79 Å². The molecule has 0 unspecified atom stereocenters. The van der Waals surface area contributed by atoms with E-state index in [-0.39, 0.29) is 5.91 Å². The van der Waals surface area contributed by atoms with Crippen LogP contribution in [0.1, 0.15) is 32.8 Å². The highest BCUT2D eigenvalue weighted by molar-refractivity contribution is 5.90. The first-order valence-electron chi connectivity index (χ1n) is 7.58. The van der Waals surface area contributed by atoms with Gasteiger partial charge in [-0.25, -0.2) is 0 Å². The first kappa shape index (κ1) is 15.3. The molecule has 0 aromatic heterocycles. The van der Waals surface area contributed by atoms with Gasteiger partial charge in [-0.15, -0.1) is 0 Å². The van der Waals surface area contributed by atoms with E-state index in [1.807, 2.05) is 19.1 Å². The SMILES string of the molecule is CCC(=O)Nc1ccc(-c2ccccc2CC(C)C)cc1. The summed E-state index contributed by atoms with van der Waals surface area (Å²) in [5, 5.41) is 2.88. The molecule has 0 radical (unpaired) electrons. The molecule has 0 spiro atoms. The number of benzene rings is 2. The van der Waals surface area contributed by atoms with Gasteiger partial charge < -0.3 is 5.32 Å². The molecule has 0 bridgehead atoms. The molecule has 0 aliphatic rings. The number of carbonyl (C=O) groups is 1. The zero-order valence-corrected chi connectivity index (χ0v) is 13.0. The number of carbonyl (C=O) groups excluding carboxylic acids is 1. The summed E-state index contributed by atoms with van der Waals surface area (Å²) in [5.41, 5.74) is 4.70. The highest BCUT2D eigenvalue weighted by atomic mass is 16.1. The van der Waals surface area contributed by atoms with E-state index in [1.165, 1.54) is 16.7 Å². The van der Waals surface area contributed by atoms with Gasteiger partial charge in [-0.3, -0.25) is 4.79 Å². The van der Waals surface area contributed by atoms with Gasteiger partial charge in [0.2, 0.25) is 5.91 Å². The molecule has 1 amide bonds. The largest absolute Gasteiger partial charge is 0.326 e. The Kier molecular flexibility index (Phi) is 5.15. The Hall–Kier alpha value is -2.09. The average Bonchev–Trinajstić information content (AvgIpc) is 2.48. The quantitative estimate of drug-likeness (QED) is 0.829. The van der Waals surface area contributed by atoms with Crippen LogP contribution >= 0.6 is 0 Å². The molecule has 2 aromatic carbocycles. The second kappa shape index (κ2) is 7.07. The van der Waals surface area contributed by atoms with Gasteiger partial charge in [-0.05, 0) is 41.2 Å². The number of anilines is 1. The molecular weight excluding hydrogens is 258 g/mol. The summed E-state index contributed by atoms with van der Waals surface area (Å²) in [7, 11) is 0. The van der Waals surface area contributed by atoms with Crippen molar-refractivity contribution >= 4 is 11.6 Å². The van der Waals surface area contributed by atoms with Crippen LogP contribution in [0.15, 0.2) is 48.5 Å². The normalized spacial score (nSPS) is 10.7. The number of amides is 1. The average molecular weight is 281 g/mol. The van der Waals surface area contributed by atoms with Gasteiger partial charge in [0.05, 0.1) is 0 Å². The van der Waals surface area contributed by atoms with Crippen LogP contribution in [0.2, 0.25) is 0 Å². The lowest BCUT2D eigenvalue weighted by Gasteiger charge is -2.12. The molecule has 0 atom stereocenters. The number of hydrogen-bond donors (Lipinski definition) is 1. The van der Waals surface area contributed by atoms with Gasteiger partial charge in [0.1, 0.15) is 0 Å². The molecule has 0 aliphatic heterocycles. The molecule has 21 heavy (non-hydrogen) atoms. The summed E-state index contributed by atoms with van der Waals surface area (Å²) in [6, 6.07) is 16.6. The van der Waals surface area contributed by atoms with Crippen LogP contribution in [-0.2, 0) is 11.2 Å². The molecule has 2 heteroatoms. The predicted molar refractivity (Wildman–Crippen MR) is 89.3 cm³/mol.